The highest BCUT2D eigenvalue weighted by molar-refractivity contribution is 6.08. The van der Waals surface area contributed by atoms with Crippen LogP contribution in [0.2, 0.25) is 0 Å². The molecule has 1 aliphatic carbocycles. The van der Waals surface area contributed by atoms with Crippen molar-refractivity contribution in [3.05, 3.63) is 35.6 Å². The van der Waals surface area contributed by atoms with E-state index in [1.54, 1.807) is 17.0 Å². The van der Waals surface area contributed by atoms with E-state index in [4.69, 9.17) is 0 Å². The van der Waals surface area contributed by atoms with Gasteiger partial charge >= 0.3 is 6.03 Å². The van der Waals surface area contributed by atoms with Crippen LogP contribution in [-0.4, -0.2) is 41.4 Å². The number of benzene rings is 1. The van der Waals surface area contributed by atoms with Crippen LogP contribution in [0.4, 0.5) is 9.18 Å². The van der Waals surface area contributed by atoms with Crippen molar-refractivity contribution < 1.29 is 18.8 Å². The summed E-state index contributed by atoms with van der Waals surface area (Å²) in [5.41, 5.74) is -0.999. The number of urea groups is 1. The number of hydrogen-bond acceptors (Lipinski definition) is 3. The van der Waals surface area contributed by atoms with Crippen molar-refractivity contribution in [2.75, 3.05) is 13.1 Å². The van der Waals surface area contributed by atoms with Gasteiger partial charge in [0.05, 0.1) is 12.0 Å². The molecule has 1 unspecified atom stereocenters. The van der Waals surface area contributed by atoms with Gasteiger partial charge in [0.15, 0.2) is 0 Å². The van der Waals surface area contributed by atoms with E-state index >= 15 is 0 Å². The Bertz CT molecular complexity index is 731. The van der Waals surface area contributed by atoms with Crippen molar-refractivity contribution in [3.8, 4) is 0 Å². The maximum Gasteiger partial charge on any atom is 0.322 e. The standard InChI is InChI=1S/C16H16FN3O3/c17-11-3-1-2-10(8-11)15(4-5-15)13(22)20-7-6-16(9-20)12(21)18-14(23)19-16/h1-3,8H,4-7,9H2,(H2,18,19,21,23). The lowest BCUT2D eigenvalue weighted by molar-refractivity contribution is -0.133. The Morgan fingerprint density at radius 1 is 1.22 bits per heavy atom. The fraction of sp³-hybridized carbons (Fsp3) is 0.438. The summed E-state index contributed by atoms with van der Waals surface area (Å²) in [6.07, 6.45) is 1.75. The maximum absolute atomic E-state index is 13.5. The molecule has 2 saturated heterocycles. The summed E-state index contributed by atoms with van der Waals surface area (Å²) in [6.45, 7) is 0.573. The lowest BCUT2D eigenvalue weighted by Gasteiger charge is -2.25. The molecule has 1 atom stereocenters. The largest absolute Gasteiger partial charge is 0.339 e. The second kappa shape index (κ2) is 4.53. The van der Waals surface area contributed by atoms with Crippen LogP contribution in [-0.2, 0) is 15.0 Å². The van der Waals surface area contributed by atoms with Crippen LogP contribution in [0.15, 0.2) is 24.3 Å². The molecule has 2 heterocycles. The number of amides is 4. The summed E-state index contributed by atoms with van der Waals surface area (Å²) >= 11 is 0. The fourth-order valence-electron chi connectivity index (χ4n) is 3.64. The van der Waals surface area contributed by atoms with Gasteiger partial charge in [-0.15, -0.1) is 0 Å². The van der Waals surface area contributed by atoms with E-state index in [1.165, 1.54) is 12.1 Å². The third-order valence-corrected chi connectivity index (χ3v) is 5.11. The molecule has 23 heavy (non-hydrogen) atoms. The van der Waals surface area contributed by atoms with Gasteiger partial charge in [-0.05, 0) is 37.0 Å². The SMILES string of the molecule is O=C1NC(=O)C2(CCN(C(=O)C3(c4cccc(F)c4)CC3)C2)N1. The van der Waals surface area contributed by atoms with Gasteiger partial charge in [-0.2, -0.15) is 0 Å². The quantitative estimate of drug-likeness (QED) is 0.787. The number of likely N-dealkylation sites (tertiary alicyclic amines) is 1. The van der Waals surface area contributed by atoms with E-state index in [1.807, 2.05) is 0 Å². The predicted octanol–water partition coefficient (Wildman–Crippen LogP) is 0.668. The Balaban J connectivity index is 1.57. The van der Waals surface area contributed by atoms with Gasteiger partial charge in [0, 0.05) is 6.54 Å². The molecule has 1 aromatic rings. The molecule has 4 rings (SSSR count). The van der Waals surface area contributed by atoms with Gasteiger partial charge in [0.1, 0.15) is 11.4 Å². The van der Waals surface area contributed by atoms with Gasteiger partial charge in [0.2, 0.25) is 5.91 Å². The first kappa shape index (κ1) is 14.2. The first-order valence-corrected chi connectivity index (χ1v) is 7.64. The van der Waals surface area contributed by atoms with E-state index in [9.17, 15) is 18.8 Å². The van der Waals surface area contributed by atoms with Crippen LogP contribution in [0.1, 0.15) is 24.8 Å². The van der Waals surface area contributed by atoms with Crippen LogP contribution < -0.4 is 10.6 Å². The van der Waals surface area contributed by atoms with Crippen LogP contribution in [0.25, 0.3) is 0 Å². The Hall–Kier alpha value is -2.44. The van der Waals surface area contributed by atoms with Crippen molar-refractivity contribution in [2.24, 2.45) is 0 Å². The minimum atomic E-state index is -1.01. The van der Waals surface area contributed by atoms with E-state index in [-0.39, 0.29) is 24.2 Å². The molecule has 0 aromatic heterocycles. The highest BCUT2D eigenvalue weighted by Gasteiger charge is 2.58. The molecule has 6 nitrogen and oxygen atoms in total. The Morgan fingerprint density at radius 3 is 2.61 bits per heavy atom. The third-order valence-electron chi connectivity index (χ3n) is 5.11. The zero-order valence-electron chi connectivity index (χ0n) is 12.4. The monoisotopic (exact) mass is 317 g/mol. The molecule has 0 bridgehead atoms. The lowest BCUT2D eigenvalue weighted by Crippen LogP contribution is -2.50. The minimum Gasteiger partial charge on any atom is -0.339 e. The second-order valence-corrected chi connectivity index (χ2v) is 6.56. The van der Waals surface area contributed by atoms with E-state index in [0.717, 1.165) is 0 Å². The number of carbonyl (C=O) groups excluding carboxylic acids is 3. The number of carbonyl (C=O) groups is 3. The van der Waals surface area contributed by atoms with Gasteiger partial charge in [0.25, 0.3) is 5.91 Å². The van der Waals surface area contributed by atoms with E-state index in [0.29, 0.717) is 31.4 Å². The predicted molar refractivity (Wildman–Crippen MR) is 77.9 cm³/mol. The number of rotatable bonds is 2. The van der Waals surface area contributed by atoms with Crippen molar-refractivity contribution in [1.82, 2.24) is 15.5 Å². The van der Waals surface area contributed by atoms with Crippen molar-refractivity contribution in [3.63, 3.8) is 0 Å². The zero-order chi connectivity index (χ0) is 16.2. The maximum atomic E-state index is 13.5. The Labute approximate surface area is 132 Å². The molecule has 1 aromatic carbocycles. The molecule has 120 valence electrons. The summed E-state index contributed by atoms with van der Waals surface area (Å²) in [5, 5.41) is 4.86. The number of nitrogens with zero attached hydrogens (tertiary/aromatic N) is 1. The highest BCUT2D eigenvalue weighted by Crippen LogP contribution is 2.50. The smallest absolute Gasteiger partial charge is 0.322 e. The zero-order valence-corrected chi connectivity index (χ0v) is 12.4. The molecule has 3 aliphatic rings. The number of hydrogen-bond donors (Lipinski definition) is 2. The lowest BCUT2D eigenvalue weighted by atomic mass is 9.94. The summed E-state index contributed by atoms with van der Waals surface area (Å²) in [6, 6.07) is 5.61. The number of nitrogens with one attached hydrogen (secondary N) is 2. The summed E-state index contributed by atoms with van der Waals surface area (Å²) in [4.78, 5) is 37.9. The minimum absolute atomic E-state index is 0.0890. The molecular formula is C16H16FN3O3. The van der Waals surface area contributed by atoms with E-state index < -0.39 is 17.0 Å². The molecule has 4 amide bonds. The van der Waals surface area contributed by atoms with Gasteiger partial charge in [-0.25, -0.2) is 9.18 Å². The third kappa shape index (κ3) is 2.03. The topological polar surface area (TPSA) is 78.5 Å². The molecule has 0 radical (unpaired) electrons. The Kier molecular flexibility index (Phi) is 2.79. The average molecular weight is 317 g/mol. The first-order valence-electron chi connectivity index (χ1n) is 7.64. The van der Waals surface area contributed by atoms with Crippen LogP contribution in [0.3, 0.4) is 0 Å². The molecule has 1 saturated carbocycles. The normalized spacial score (nSPS) is 28.0. The number of imide groups is 1. The summed E-state index contributed by atoms with van der Waals surface area (Å²) < 4.78 is 13.5. The van der Waals surface area contributed by atoms with Gasteiger partial charge < -0.3 is 10.2 Å². The molecule has 1 spiro atoms. The average Bonchev–Trinajstić information content (AvgIpc) is 3.14. The highest BCUT2D eigenvalue weighted by atomic mass is 19.1. The second-order valence-electron chi connectivity index (χ2n) is 6.56. The molecule has 7 heteroatoms. The van der Waals surface area contributed by atoms with Gasteiger partial charge in [-0.1, -0.05) is 12.1 Å². The van der Waals surface area contributed by atoms with Crippen molar-refractivity contribution in [2.45, 2.75) is 30.2 Å². The Morgan fingerprint density at radius 2 is 2.00 bits per heavy atom. The van der Waals surface area contributed by atoms with Crippen LogP contribution in [0, 0.1) is 5.82 Å². The van der Waals surface area contributed by atoms with Crippen LogP contribution in [0.5, 0.6) is 0 Å². The summed E-state index contributed by atoms with van der Waals surface area (Å²) in [5.74, 6) is -0.829. The van der Waals surface area contributed by atoms with Gasteiger partial charge in [-0.3, -0.25) is 14.9 Å². The molecule has 2 aliphatic heterocycles. The first-order chi connectivity index (χ1) is 11.0. The molecular weight excluding hydrogens is 301 g/mol. The number of halogens is 1. The van der Waals surface area contributed by atoms with Crippen molar-refractivity contribution >= 4 is 17.8 Å². The van der Waals surface area contributed by atoms with Crippen LogP contribution >= 0.6 is 0 Å². The molecule has 3 fully saturated rings. The fourth-order valence-corrected chi connectivity index (χ4v) is 3.64. The van der Waals surface area contributed by atoms with E-state index in [2.05, 4.69) is 10.6 Å². The summed E-state index contributed by atoms with van der Waals surface area (Å²) in [7, 11) is 0. The molecule has 2 N–H and O–H groups in total. The van der Waals surface area contributed by atoms with Crippen molar-refractivity contribution in [1.29, 1.82) is 0 Å².